The van der Waals surface area contributed by atoms with E-state index >= 15 is 0 Å². The molecule has 4 N–H and O–H groups in total. The van der Waals surface area contributed by atoms with Gasteiger partial charge in [0.25, 0.3) is 5.91 Å². The van der Waals surface area contributed by atoms with Crippen molar-refractivity contribution in [3.05, 3.63) is 84.4 Å². The van der Waals surface area contributed by atoms with Gasteiger partial charge in [-0.05, 0) is 30.4 Å². The normalized spacial score (nSPS) is 12.3. The van der Waals surface area contributed by atoms with Gasteiger partial charge in [0, 0.05) is 22.4 Å². The first-order valence-corrected chi connectivity index (χ1v) is 11.7. The minimum Gasteiger partial charge on any atom is -0.491 e. The van der Waals surface area contributed by atoms with Crippen LogP contribution >= 0.6 is 0 Å². The third-order valence-corrected chi connectivity index (χ3v) is 5.85. The second-order valence-corrected chi connectivity index (χ2v) is 8.95. The summed E-state index contributed by atoms with van der Waals surface area (Å²) in [6.45, 7) is 3.88. The van der Waals surface area contributed by atoms with Crippen LogP contribution in [0, 0.1) is 5.41 Å². The van der Waals surface area contributed by atoms with Crippen molar-refractivity contribution in [1.82, 2.24) is 5.48 Å². The number of amides is 2. The number of nitrogens with one attached hydrogen (secondary N) is 2. The Morgan fingerprint density at radius 3 is 2.53 bits per heavy atom. The highest BCUT2D eigenvalue weighted by atomic mass is 16.6. The number of allylic oxidation sites excluding steroid dienone is 1. The Balaban J connectivity index is 1.87. The molecule has 8 heteroatoms. The number of carbonyl (C=O) groups excluding carboxylic acids is 2. The lowest BCUT2D eigenvalue weighted by atomic mass is 9.78. The van der Waals surface area contributed by atoms with E-state index in [9.17, 15) is 14.7 Å². The Bertz CT molecular complexity index is 1200. The third kappa shape index (κ3) is 7.07. The highest BCUT2D eigenvalue weighted by Gasteiger charge is 2.36. The van der Waals surface area contributed by atoms with Crippen molar-refractivity contribution in [2.75, 3.05) is 18.5 Å². The second kappa shape index (κ2) is 12.7. The summed E-state index contributed by atoms with van der Waals surface area (Å²) in [6.07, 6.45) is 2.64. The van der Waals surface area contributed by atoms with Crippen LogP contribution in [0.3, 0.4) is 0 Å². The van der Waals surface area contributed by atoms with Gasteiger partial charge in [-0.1, -0.05) is 74.5 Å². The van der Waals surface area contributed by atoms with Crippen molar-refractivity contribution < 1.29 is 29.4 Å². The van der Waals surface area contributed by atoms with Crippen LogP contribution in [0.4, 0.5) is 10.5 Å². The van der Waals surface area contributed by atoms with Crippen LogP contribution < -0.4 is 15.5 Å². The van der Waals surface area contributed by atoms with E-state index in [0.29, 0.717) is 29.8 Å². The second-order valence-electron chi connectivity index (χ2n) is 8.95. The van der Waals surface area contributed by atoms with Crippen molar-refractivity contribution in [2.24, 2.45) is 5.41 Å². The molecule has 0 aromatic heterocycles. The van der Waals surface area contributed by atoms with E-state index in [-0.39, 0.29) is 13.2 Å². The molecule has 0 spiro atoms. The van der Waals surface area contributed by atoms with Crippen LogP contribution in [0.5, 0.6) is 5.75 Å². The topological polar surface area (TPSA) is 117 Å². The highest BCUT2D eigenvalue weighted by molar-refractivity contribution is 6.00. The summed E-state index contributed by atoms with van der Waals surface area (Å²) in [4.78, 5) is 24.4. The Labute approximate surface area is 210 Å². The Hall–Kier alpha value is -3.88. The molecule has 0 saturated heterocycles. The fraction of sp³-hybridized carbons (Fsp3) is 0.286. The molecule has 3 aromatic carbocycles. The number of fused-ring (bicyclic) bond motifs is 1. The molecule has 0 aliphatic rings. The zero-order valence-corrected chi connectivity index (χ0v) is 20.4. The van der Waals surface area contributed by atoms with E-state index in [1.807, 2.05) is 74.5 Å². The molecular formula is C28H32N2O6. The summed E-state index contributed by atoms with van der Waals surface area (Å²) in [5, 5.41) is 22.7. The largest absolute Gasteiger partial charge is 0.491 e. The van der Waals surface area contributed by atoms with Crippen molar-refractivity contribution in [1.29, 1.82) is 0 Å². The van der Waals surface area contributed by atoms with Gasteiger partial charge in [0.1, 0.15) is 18.5 Å². The number of para-hydroxylation sites is 1. The lowest BCUT2D eigenvalue weighted by Crippen LogP contribution is -2.29. The van der Waals surface area contributed by atoms with Gasteiger partial charge in [0.15, 0.2) is 0 Å². The first-order valence-electron chi connectivity index (χ1n) is 11.7. The summed E-state index contributed by atoms with van der Waals surface area (Å²) in [5.41, 5.74) is 2.29. The van der Waals surface area contributed by atoms with E-state index in [1.54, 1.807) is 17.6 Å². The highest BCUT2D eigenvalue weighted by Crippen LogP contribution is 2.44. The lowest BCUT2D eigenvalue weighted by molar-refractivity contribution is -0.124. The zero-order valence-electron chi connectivity index (χ0n) is 20.4. The lowest BCUT2D eigenvalue weighted by Gasteiger charge is -2.35. The number of carbonyl (C=O) groups is 2. The minimum absolute atomic E-state index is 0.103. The zero-order chi connectivity index (χ0) is 26.0. The smallest absolute Gasteiger partial charge is 0.412 e. The molecule has 0 radical (unpaired) electrons. The van der Waals surface area contributed by atoms with E-state index in [0.717, 1.165) is 10.8 Å². The molecule has 3 aromatic rings. The molecule has 0 fully saturated rings. The number of aliphatic hydroxyl groups is 1. The van der Waals surface area contributed by atoms with E-state index in [2.05, 4.69) is 5.32 Å². The number of rotatable bonds is 11. The molecule has 36 heavy (non-hydrogen) atoms. The fourth-order valence-corrected chi connectivity index (χ4v) is 4.02. The fourth-order valence-electron chi connectivity index (χ4n) is 4.02. The number of anilines is 1. The Kier molecular flexibility index (Phi) is 9.44. The summed E-state index contributed by atoms with van der Waals surface area (Å²) in [7, 11) is 0. The monoisotopic (exact) mass is 492 g/mol. The van der Waals surface area contributed by atoms with Gasteiger partial charge >= 0.3 is 6.09 Å². The molecule has 0 saturated carbocycles. The summed E-state index contributed by atoms with van der Waals surface area (Å²) in [5.74, 6) is -0.101. The van der Waals surface area contributed by atoms with Gasteiger partial charge in [0.05, 0.1) is 12.3 Å². The molecule has 3 rings (SSSR count). The van der Waals surface area contributed by atoms with E-state index < -0.39 is 23.5 Å². The summed E-state index contributed by atoms with van der Waals surface area (Å²) < 4.78 is 11.8. The van der Waals surface area contributed by atoms with Crippen LogP contribution in [0.1, 0.15) is 38.4 Å². The molecule has 0 heterocycles. The van der Waals surface area contributed by atoms with Crippen molar-refractivity contribution in [2.45, 2.75) is 32.8 Å². The van der Waals surface area contributed by atoms with Crippen molar-refractivity contribution in [3.8, 4) is 5.75 Å². The molecular weight excluding hydrogens is 460 g/mol. The molecule has 0 bridgehead atoms. The maximum absolute atomic E-state index is 13.2. The number of hydroxylamine groups is 1. The van der Waals surface area contributed by atoms with E-state index in [1.165, 1.54) is 6.08 Å². The van der Waals surface area contributed by atoms with Crippen LogP contribution in [0.2, 0.25) is 0 Å². The number of hydrogen-bond donors (Lipinski definition) is 4. The molecule has 1 atom stereocenters. The van der Waals surface area contributed by atoms with Crippen LogP contribution in [-0.2, 0) is 9.53 Å². The molecule has 0 unspecified atom stereocenters. The number of hydrogen-bond acceptors (Lipinski definition) is 6. The predicted octanol–water partition coefficient (Wildman–Crippen LogP) is 5.37. The molecule has 8 nitrogen and oxygen atoms in total. The molecule has 0 aliphatic heterocycles. The summed E-state index contributed by atoms with van der Waals surface area (Å²) >= 11 is 0. The van der Waals surface area contributed by atoms with Gasteiger partial charge in [-0.3, -0.25) is 15.3 Å². The molecule has 190 valence electrons. The first kappa shape index (κ1) is 26.7. The average molecular weight is 493 g/mol. The van der Waals surface area contributed by atoms with Crippen molar-refractivity contribution in [3.63, 3.8) is 0 Å². The third-order valence-electron chi connectivity index (χ3n) is 5.85. The quantitative estimate of drug-likeness (QED) is 0.162. The average Bonchev–Trinajstić information content (AvgIpc) is 2.89. The minimum atomic E-state index is -0.706. The number of aliphatic hydroxyl groups excluding tert-OH is 1. The molecule has 0 aliphatic carbocycles. The standard InChI is InChI=1S/C28H32N2O6/c1-28(2,17-8-7-16-25(32)30-34)26(22-13-5-6-15-24(22)35-19-18-31)36-27(33)29-23-14-9-11-20-10-3-4-12-21(20)23/h3-7,9-16,26,31,34H,8,17-19H2,1-2H3,(H,29,33)(H,30,32)/b16-7+/t26-/m1/s1. The van der Waals surface area contributed by atoms with Crippen LogP contribution in [-0.4, -0.2) is 35.5 Å². The predicted molar refractivity (Wildman–Crippen MR) is 138 cm³/mol. The summed E-state index contributed by atoms with van der Waals surface area (Å²) in [6, 6.07) is 20.6. The maximum Gasteiger partial charge on any atom is 0.412 e. The van der Waals surface area contributed by atoms with Gasteiger partial charge < -0.3 is 14.6 Å². The SMILES string of the molecule is CC(C)(CC/C=C/C(=O)NO)[C@H](OC(=O)Nc1cccc2ccccc12)c1ccccc1OCCO. The van der Waals surface area contributed by atoms with Gasteiger partial charge in [-0.25, -0.2) is 10.3 Å². The van der Waals surface area contributed by atoms with Crippen LogP contribution in [0.15, 0.2) is 78.9 Å². The van der Waals surface area contributed by atoms with Crippen LogP contribution in [0.25, 0.3) is 10.8 Å². The molecule has 2 amide bonds. The number of ether oxygens (including phenoxy) is 2. The number of benzene rings is 3. The van der Waals surface area contributed by atoms with Gasteiger partial charge in [0.2, 0.25) is 0 Å². The Morgan fingerprint density at radius 2 is 1.75 bits per heavy atom. The Morgan fingerprint density at radius 1 is 1.03 bits per heavy atom. The van der Waals surface area contributed by atoms with E-state index in [4.69, 9.17) is 14.7 Å². The van der Waals surface area contributed by atoms with Crippen molar-refractivity contribution >= 4 is 28.5 Å². The van der Waals surface area contributed by atoms with Gasteiger partial charge in [-0.15, -0.1) is 0 Å². The maximum atomic E-state index is 13.2. The van der Waals surface area contributed by atoms with Gasteiger partial charge in [-0.2, -0.15) is 0 Å². The first-order chi connectivity index (χ1) is 17.4.